The first-order valence-corrected chi connectivity index (χ1v) is 8.10. The van der Waals surface area contributed by atoms with E-state index in [0.717, 1.165) is 12.8 Å². The van der Waals surface area contributed by atoms with Gasteiger partial charge in [0.25, 0.3) is 5.91 Å². The molecule has 1 heterocycles. The summed E-state index contributed by atoms with van der Waals surface area (Å²) in [5.41, 5.74) is 1.07. The molecule has 0 atom stereocenters. The summed E-state index contributed by atoms with van der Waals surface area (Å²) in [6.45, 7) is 2.88. The third-order valence-corrected chi connectivity index (χ3v) is 5.56. The van der Waals surface area contributed by atoms with Crippen LogP contribution in [-0.2, 0) is 10.0 Å². The quantitative estimate of drug-likeness (QED) is 0.849. The Bertz CT molecular complexity index is 617. The Labute approximate surface area is 120 Å². The molecule has 6 heteroatoms. The monoisotopic (exact) mass is 296 g/mol. The van der Waals surface area contributed by atoms with Crippen molar-refractivity contribution in [2.24, 2.45) is 0 Å². The second kappa shape index (κ2) is 5.54. The van der Waals surface area contributed by atoms with Crippen LogP contribution in [0.5, 0.6) is 0 Å². The second-order valence-electron chi connectivity index (χ2n) is 5.29. The molecule has 1 aliphatic rings. The minimum atomic E-state index is -3.49. The summed E-state index contributed by atoms with van der Waals surface area (Å²) in [6, 6.07) is 4.85. The molecule has 110 valence electrons. The average molecular weight is 296 g/mol. The molecular formula is C14H20N2O3S. The van der Waals surface area contributed by atoms with Gasteiger partial charge < -0.3 is 4.90 Å². The summed E-state index contributed by atoms with van der Waals surface area (Å²) in [4.78, 5) is 13.7. The van der Waals surface area contributed by atoms with Gasteiger partial charge in [-0.05, 0) is 37.5 Å². The highest BCUT2D eigenvalue weighted by Gasteiger charge is 2.29. The fraction of sp³-hybridized carbons (Fsp3) is 0.500. The lowest BCUT2D eigenvalue weighted by Crippen LogP contribution is -2.29. The van der Waals surface area contributed by atoms with Crippen LogP contribution in [0.3, 0.4) is 0 Å². The first kappa shape index (κ1) is 15.0. The smallest absolute Gasteiger partial charge is 0.253 e. The number of carbonyl (C=O) groups excluding carboxylic acids is 1. The SMILES string of the molecule is Cc1ccc(C(=O)N(C)C)cc1S(=O)(=O)N1CCCC1. The Morgan fingerprint density at radius 1 is 1.20 bits per heavy atom. The van der Waals surface area contributed by atoms with E-state index >= 15 is 0 Å². The number of nitrogens with zero attached hydrogens (tertiary/aromatic N) is 2. The van der Waals surface area contributed by atoms with E-state index in [2.05, 4.69) is 0 Å². The molecule has 5 nitrogen and oxygen atoms in total. The van der Waals surface area contributed by atoms with E-state index in [9.17, 15) is 13.2 Å². The van der Waals surface area contributed by atoms with E-state index in [0.29, 0.717) is 24.2 Å². The zero-order chi connectivity index (χ0) is 14.9. The van der Waals surface area contributed by atoms with Crippen molar-refractivity contribution < 1.29 is 13.2 Å². The molecule has 0 unspecified atom stereocenters. The van der Waals surface area contributed by atoms with Gasteiger partial charge in [-0.3, -0.25) is 4.79 Å². The molecule has 0 radical (unpaired) electrons. The molecule has 0 aliphatic carbocycles. The predicted molar refractivity (Wildman–Crippen MR) is 77.2 cm³/mol. The van der Waals surface area contributed by atoms with Crippen molar-refractivity contribution in [3.63, 3.8) is 0 Å². The average Bonchev–Trinajstić information content (AvgIpc) is 2.92. The van der Waals surface area contributed by atoms with Crippen LogP contribution in [0.15, 0.2) is 23.1 Å². The lowest BCUT2D eigenvalue weighted by molar-refractivity contribution is 0.0827. The maximum absolute atomic E-state index is 12.6. The number of rotatable bonds is 3. The molecule has 1 amide bonds. The van der Waals surface area contributed by atoms with Gasteiger partial charge in [-0.25, -0.2) is 8.42 Å². The number of amides is 1. The molecule has 1 aromatic carbocycles. The van der Waals surface area contributed by atoms with Crippen molar-refractivity contribution in [2.75, 3.05) is 27.2 Å². The fourth-order valence-electron chi connectivity index (χ4n) is 2.34. The Morgan fingerprint density at radius 3 is 2.35 bits per heavy atom. The van der Waals surface area contributed by atoms with Gasteiger partial charge in [-0.2, -0.15) is 4.31 Å². The third-order valence-electron chi connectivity index (χ3n) is 3.52. The summed E-state index contributed by atoms with van der Waals surface area (Å²) in [5.74, 6) is -0.192. The summed E-state index contributed by atoms with van der Waals surface area (Å²) >= 11 is 0. The van der Waals surface area contributed by atoms with Crippen LogP contribution < -0.4 is 0 Å². The van der Waals surface area contributed by atoms with Gasteiger partial charge in [0, 0.05) is 32.7 Å². The second-order valence-corrected chi connectivity index (χ2v) is 7.20. The van der Waals surface area contributed by atoms with E-state index in [1.807, 2.05) is 0 Å². The highest BCUT2D eigenvalue weighted by molar-refractivity contribution is 7.89. The van der Waals surface area contributed by atoms with Crippen molar-refractivity contribution >= 4 is 15.9 Å². The molecule has 0 spiro atoms. The van der Waals surface area contributed by atoms with E-state index < -0.39 is 10.0 Å². The van der Waals surface area contributed by atoms with Gasteiger partial charge in [-0.15, -0.1) is 0 Å². The Balaban J connectivity index is 2.45. The minimum absolute atomic E-state index is 0.192. The van der Waals surface area contributed by atoms with E-state index in [-0.39, 0.29) is 10.8 Å². The number of benzene rings is 1. The molecule has 1 aliphatic heterocycles. The van der Waals surface area contributed by atoms with Crippen molar-refractivity contribution in [1.29, 1.82) is 0 Å². The molecule has 1 aromatic rings. The first-order valence-electron chi connectivity index (χ1n) is 6.66. The Kier molecular flexibility index (Phi) is 4.15. The fourth-order valence-corrected chi connectivity index (χ4v) is 4.10. The van der Waals surface area contributed by atoms with E-state index in [4.69, 9.17) is 0 Å². The van der Waals surface area contributed by atoms with Crippen LogP contribution in [-0.4, -0.2) is 50.7 Å². The Hall–Kier alpha value is -1.40. The molecule has 1 saturated heterocycles. The van der Waals surface area contributed by atoms with Crippen LogP contribution in [0.1, 0.15) is 28.8 Å². The zero-order valence-electron chi connectivity index (χ0n) is 12.1. The van der Waals surface area contributed by atoms with Gasteiger partial charge in [0.15, 0.2) is 0 Å². The predicted octanol–water partition coefficient (Wildman–Crippen LogP) is 1.48. The molecule has 0 saturated carbocycles. The number of aryl methyl sites for hydroxylation is 1. The van der Waals surface area contributed by atoms with Crippen molar-refractivity contribution in [3.8, 4) is 0 Å². The standard InChI is InChI=1S/C14H20N2O3S/c1-11-6-7-12(14(17)15(2)3)10-13(11)20(18,19)16-8-4-5-9-16/h6-7,10H,4-5,8-9H2,1-3H3. The van der Waals surface area contributed by atoms with Gasteiger partial charge in [-0.1, -0.05) is 6.07 Å². The molecule has 0 N–H and O–H groups in total. The number of hydrogen-bond acceptors (Lipinski definition) is 3. The highest BCUT2D eigenvalue weighted by atomic mass is 32.2. The molecule has 20 heavy (non-hydrogen) atoms. The summed E-state index contributed by atoms with van der Waals surface area (Å²) in [7, 11) is -0.189. The van der Waals surface area contributed by atoms with Gasteiger partial charge in [0.2, 0.25) is 10.0 Å². The largest absolute Gasteiger partial charge is 0.345 e. The first-order chi connectivity index (χ1) is 9.34. The van der Waals surface area contributed by atoms with Gasteiger partial charge >= 0.3 is 0 Å². The van der Waals surface area contributed by atoms with E-state index in [1.54, 1.807) is 33.2 Å². The maximum Gasteiger partial charge on any atom is 0.253 e. The van der Waals surface area contributed by atoms with Crippen molar-refractivity contribution in [2.45, 2.75) is 24.7 Å². The number of sulfonamides is 1. The molecule has 1 fully saturated rings. The minimum Gasteiger partial charge on any atom is -0.345 e. The van der Waals surface area contributed by atoms with E-state index in [1.165, 1.54) is 15.3 Å². The van der Waals surface area contributed by atoms with Crippen molar-refractivity contribution in [1.82, 2.24) is 9.21 Å². The summed E-state index contributed by atoms with van der Waals surface area (Å²) in [5, 5.41) is 0. The highest BCUT2D eigenvalue weighted by Crippen LogP contribution is 2.24. The number of hydrogen-bond donors (Lipinski definition) is 0. The molecule has 0 aromatic heterocycles. The third kappa shape index (κ3) is 2.71. The van der Waals surface area contributed by atoms with Crippen LogP contribution in [0.4, 0.5) is 0 Å². The molecule has 2 rings (SSSR count). The van der Waals surface area contributed by atoms with Crippen LogP contribution in [0.2, 0.25) is 0 Å². The van der Waals surface area contributed by atoms with Crippen LogP contribution in [0.25, 0.3) is 0 Å². The zero-order valence-corrected chi connectivity index (χ0v) is 12.9. The number of carbonyl (C=O) groups is 1. The summed E-state index contributed by atoms with van der Waals surface area (Å²) in [6.07, 6.45) is 1.79. The van der Waals surface area contributed by atoms with Crippen LogP contribution in [0, 0.1) is 6.92 Å². The lowest BCUT2D eigenvalue weighted by atomic mass is 10.1. The van der Waals surface area contributed by atoms with Crippen molar-refractivity contribution in [3.05, 3.63) is 29.3 Å². The van der Waals surface area contributed by atoms with Crippen LogP contribution >= 0.6 is 0 Å². The maximum atomic E-state index is 12.6. The summed E-state index contributed by atoms with van der Waals surface area (Å²) < 4.78 is 26.7. The van der Waals surface area contributed by atoms with Gasteiger partial charge in [0.05, 0.1) is 4.90 Å². The topological polar surface area (TPSA) is 57.7 Å². The molecule has 0 bridgehead atoms. The van der Waals surface area contributed by atoms with Gasteiger partial charge in [0.1, 0.15) is 0 Å². The Morgan fingerprint density at radius 2 is 1.80 bits per heavy atom. The normalized spacial score (nSPS) is 16.4. The lowest BCUT2D eigenvalue weighted by Gasteiger charge is -2.18. The molecular weight excluding hydrogens is 276 g/mol.